The number of nitrogens with zero attached hydrogens (tertiary/aromatic N) is 1. The maximum atomic E-state index is 12.2. The van der Waals surface area contributed by atoms with Gasteiger partial charge in [0.15, 0.2) is 0 Å². The third-order valence-corrected chi connectivity index (χ3v) is 1.99. The average molecular weight is 245 g/mol. The number of hydrogen-bond acceptors (Lipinski definition) is 2. The molecule has 1 aromatic rings. The highest BCUT2D eigenvalue weighted by atomic mass is 35.5. The Kier molecular flexibility index (Phi) is 3.24. The number of halogens is 5. The van der Waals surface area contributed by atoms with Gasteiger partial charge in [0.05, 0.1) is 15.7 Å². The van der Waals surface area contributed by atoms with Crippen LogP contribution in [0.4, 0.5) is 13.2 Å². The fourth-order valence-electron chi connectivity index (χ4n) is 0.809. The number of rotatable bonds is 1. The summed E-state index contributed by atoms with van der Waals surface area (Å²) in [6.07, 6.45) is -3.50. The third-order valence-electron chi connectivity index (χ3n) is 1.48. The summed E-state index contributed by atoms with van der Waals surface area (Å²) in [5.41, 5.74) is 4.48. The lowest BCUT2D eigenvalue weighted by Crippen LogP contribution is -2.29. The van der Waals surface area contributed by atoms with Crippen molar-refractivity contribution >= 4 is 23.2 Å². The van der Waals surface area contributed by atoms with Crippen LogP contribution >= 0.6 is 23.2 Å². The largest absolute Gasteiger partial charge is 0.409 e. The van der Waals surface area contributed by atoms with Gasteiger partial charge in [0, 0.05) is 6.20 Å². The van der Waals surface area contributed by atoms with Crippen molar-refractivity contribution in [2.75, 3.05) is 0 Å². The van der Waals surface area contributed by atoms with E-state index in [1.807, 2.05) is 0 Å². The molecule has 2 N–H and O–H groups in total. The van der Waals surface area contributed by atoms with Gasteiger partial charge >= 0.3 is 6.18 Å². The molecule has 0 fully saturated rings. The molecule has 0 saturated carbocycles. The fourth-order valence-corrected chi connectivity index (χ4v) is 1.31. The van der Waals surface area contributed by atoms with Crippen molar-refractivity contribution in [3.05, 3.63) is 28.0 Å². The van der Waals surface area contributed by atoms with Crippen LogP contribution in [-0.2, 0) is 0 Å². The van der Waals surface area contributed by atoms with Gasteiger partial charge in [-0.25, -0.2) is 0 Å². The zero-order valence-corrected chi connectivity index (χ0v) is 8.16. The van der Waals surface area contributed by atoms with Crippen LogP contribution in [-0.4, -0.2) is 11.2 Å². The summed E-state index contributed by atoms with van der Waals surface area (Å²) in [6.45, 7) is 0. The maximum absolute atomic E-state index is 12.2. The summed E-state index contributed by atoms with van der Waals surface area (Å²) >= 11 is 11.0. The van der Waals surface area contributed by atoms with E-state index in [4.69, 9.17) is 28.9 Å². The summed E-state index contributed by atoms with van der Waals surface area (Å²) < 4.78 is 36.5. The second kappa shape index (κ2) is 3.92. The Morgan fingerprint density at radius 3 is 2.36 bits per heavy atom. The van der Waals surface area contributed by atoms with Crippen molar-refractivity contribution in [3.8, 4) is 0 Å². The normalized spacial score (nSPS) is 14.1. The van der Waals surface area contributed by atoms with Gasteiger partial charge in [0.2, 0.25) is 0 Å². The highest BCUT2D eigenvalue weighted by molar-refractivity contribution is 6.34. The van der Waals surface area contributed by atoms with Gasteiger partial charge in [0.25, 0.3) is 0 Å². The maximum Gasteiger partial charge on any atom is 0.409 e. The van der Waals surface area contributed by atoms with Crippen molar-refractivity contribution in [3.63, 3.8) is 0 Å². The zero-order valence-electron chi connectivity index (χ0n) is 6.65. The summed E-state index contributed by atoms with van der Waals surface area (Å²) in [7, 11) is 0. The minimum absolute atomic E-state index is 0.160. The van der Waals surface area contributed by atoms with Crippen LogP contribution in [0.5, 0.6) is 0 Å². The van der Waals surface area contributed by atoms with Gasteiger partial charge in [0.1, 0.15) is 6.04 Å². The summed E-state index contributed by atoms with van der Waals surface area (Å²) in [6, 6.07) is -1.02. The van der Waals surface area contributed by atoms with Gasteiger partial charge < -0.3 is 5.73 Å². The first-order chi connectivity index (χ1) is 6.32. The Morgan fingerprint density at radius 1 is 1.36 bits per heavy atom. The SMILES string of the molecule is N[C@H](c1ncc(Cl)cc1Cl)C(F)(F)F. The van der Waals surface area contributed by atoms with E-state index in [0.29, 0.717) is 0 Å². The quantitative estimate of drug-likeness (QED) is 0.825. The van der Waals surface area contributed by atoms with Gasteiger partial charge in [-0.1, -0.05) is 23.2 Å². The van der Waals surface area contributed by atoms with Gasteiger partial charge in [-0.3, -0.25) is 4.98 Å². The van der Waals surface area contributed by atoms with Crippen molar-refractivity contribution in [1.29, 1.82) is 0 Å². The molecule has 78 valence electrons. The topological polar surface area (TPSA) is 38.9 Å². The van der Waals surface area contributed by atoms with Gasteiger partial charge in [-0.05, 0) is 6.07 Å². The molecular weight excluding hydrogens is 240 g/mol. The molecule has 0 radical (unpaired) electrons. The first-order valence-corrected chi connectivity index (χ1v) is 4.21. The average Bonchev–Trinajstić information content (AvgIpc) is 2.01. The number of pyridine rings is 1. The summed E-state index contributed by atoms with van der Waals surface area (Å²) in [5.74, 6) is 0. The molecule has 1 heterocycles. The van der Waals surface area contributed by atoms with E-state index in [9.17, 15) is 13.2 Å². The monoisotopic (exact) mass is 244 g/mol. The Balaban J connectivity index is 3.08. The molecule has 0 bridgehead atoms. The number of nitrogens with two attached hydrogens (primary N) is 1. The lowest BCUT2D eigenvalue weighted by atomic mass is 10.2. The van der Waals surface area contributed by atoms with Crippen LogP contribution in [0.3, 0.4) is 0 Å². The summed E-state index contributed by atoms with van der Waals surface area (Å²) in [4.78, 5) is 3.44. The van der Waals surface area contributed by atoms with Crippen LogP contribution in [0.2, 0.25) is 10.0 Å². The van der Waals surface area contributed by atoms with Crippen LogP contribution in [0.1, 0.15) is 11.7 Å². The number of alkyl halides is 3. The third kappa shape index (κ3) is 2.50. The number of aromatic nitrogens is 1. The molecule has 7 heteroatoms. The standard InChI is InChI=1S/C7H5Cl2F3N2/c8-3-1-4(9)5(14-2-3)6(13)7(10,11)12/h1-2,6H,13H2/t6-/m1/s1. The summed E-state index contributed by atoms with van der Waals surface area (Å²) in [5, 5.41) is -0.0320. The molecule has 2 nitrogen and oxygen atoms in total. The molecule has 1 atom stereocenters. The van der Waals surface area contributed by atoms with E-state index in [1.54, 1.807) is 0 Å². The molecule has 0 saturated heterocycles. The predicted molar refractivity (Wildman–Crippen MR) is 47.2 cm³/mol. The van der Waals surface area contributed by atoms with Crippen molar-refractivity contribution < 1.29 is 13.2 Å². The van der Waals surface area contributed by atoms with E-state index < -0.39 is 17.9 Å². The zero-order chi connectivity index (χ0) is 10.9. The molecule has 0 aromatic carbocycles. The highest BCUT2D eigenvalue weighted by Gasteiger charge is 2.39. The Labute approximate surface area is 87.8 Å². The molecule has 14 heavy (non-hydrogen) atoms. The molecule has 0 aliphatic rings. The molecule has 0 amide bonds. The smallest absolute Gasteiger partial charge is 0.315 e. The lowest BCUT2D eigenvalue weighted by molar-refractivity contribution is -0.149. The van der Waals surface area contributed by atoms with Gasteiger partial charge in [-0.15, -0.1) is 0 Å². The van der Waals surface area contributed by atoms with E-state index in [2.05, 4.69) is 4.98 Å². The van der Waals surface area contributed by atoms with Crippen molar-refractivity contribution in [2.24, 2.45) is 5.73 Å². The van der Waals surface area contributed by atoms with Crippen LogP contribution < -0.4 is 5.73 Å². The van der Waals surface area contributed by atoms with E-state index in [-0.39, 0.29) is 10.0 Å². The van der Waals surface area contributed by atoms with E-state index >= 15 is 0 Å². The first-order valence-electron chi connectivity index (χ1n) is 3.45. The second-order valence-corrected chi connectivity index (χ2v) is 3.38. The van der Waals surface area contributed by atoms with Gasteiger partial charge in [-0.2, -0.15) is 13.2 Å². The molecule has 0 aliphatic heterocycles. The van der Waals surface area contributed by atoms with E-state index in [0.717, 1.165) is 12.3 Å². The molecule has 1 rings (SSSR count). The highest BCUT2D eigenvalue weighted by Crippen LogP contribution is 2.33. The Bertz CT molecular complexity index is 340. The molecule has 0 aliphatic carbocycles. The van der Waals surface area contributed by atoms with Crippen LogP contribution in [0.15, 0.2) is 12.3 Å². The Hall–Kier alpha value is -0.520. The lowest BCUT2D eigenvalue weighted by Gasteiger charge is -2.15. The number of hydrogen-bond donors (Lipinski definition) is 1. The first kappa shape index (κ1) is 11.6. The molecule has 1 aromatic heterocycles. The molecular formula is C7H5Cl2F3N2. The minimum Gasteiger partial charge on any atom is -0.315 e. The van der Waals surface area contributed by atoms with Crippen LogP contribution in [0.25, 0.3) is 0 Å². The second-order valence-electron chi connectivity index (χ2n) is 2.54. The minimum atomic E-state index is -4.57. The molecule has 0 unspecified atom stereocenters. The predicted octanol–water partition coefficient (Wildman–Crippen LogP) is 2.95. The fraction of sp³-hybridized carbons (Fsp3) is 0.286. The van der Waals surface area contributed by atoms with Crippen molar-refractivity contribution in [1.82, 2.24) is 4.98 Å². The van der Waals surface area contributed by atoms with E-state index in [1.165, 1.54) is 0 Å². The molecule has 0 spiro atoms. The van der Waals surface area contributed by atoms with Crippen molar-refractivity contribution in [2.45, 2.75) is 12.2 Å². The van der Waals surface area contributed by atoms with Crippen LogP contribution in [0, 0.1) is 0 Å². The Morgan fingerprint density at radius 2 is 1.93 bits per heavy atom.